The maximum Gasteiger partial charge on any atom is 0.407 e. The van der Waals surface area contributed by atoms with E-state index in [0.717, 1.165) is 22.3 Å². The third kappa shape index (κ3) is 9.59. The second-order valence-corrected chi connectivity index (χ2v) is 9.42. The number of furan rings is 1. The molecule has 0 saturated heterocycles. The molecule has 2 aromatic heterocycles. The summed E-state index contributed by atoms with van der Waals surface area (Å²) >= 11 is 0. The van der Waals surface area contributed by atoms with Crippen molar-refractivity contribution < 1.29 is 28.6 Å². The van der Waals surface area contributed by atoms with Crippen molar-refractivity contribution >= 4 is 12.2 Å². The van der Waals surface area contributed by atoms with Gasteiger partial charge in [0.25, 0.3) is 0 Å². The minimum Gasteiger partial charge on any atom is -0.472 e. The van der Waals surface area contributed by atoms with Crippen molar-refractivity contribution in [3.05, 3.63) is 126 Å². The molecule has 40 heavy (non-hydrogen) atoms. The number of amides is 2. The van der Waals surface area contributed by atoms with Crippen LogP contribution in [0.4, 0.5) is 9.59 Å². The Morgan fingerprint density at radius 2 is 1.40 bits per heavy atom. The van der Waals surface area contributed by atoms with Crippen molar-refractivity contribution in [3.63, 3.8) is 0 Å². The van der Waals surface area contributed by atoms with Crippen molar-refractivity contribution in [1.29, 1.82) is 0 Å². The first-order chi connectivity index (χ1) is 19.5. The van der Waals surface area contributed by atoms with Crippen molar-refractivity contribution in [2.75, 3.05) is 0 Å². The lowest BCUT2D eigenvalue weighted by atomic mass is 9.94. The summed E-state index contributed by atoms with van der Waals surface area (Å²) in [6.45, 7) is 0.110. The van der Waals surface area contributed by atoms with E-state index >= 15 is 0 Å². The van der Waals surface area contributed by atoms with E-state index in [4.69, 9.17) is 13.9 Å². The zero-order valence-electron chi connectivity index (χ0n) is 22.0. The number of alkyl carbamates (subject to hydrolysis) is 2. The van der Waals surface area contributed by atoms with Gasteiger partial charge >= 0.3 is 12.2 Å². The number of hydrogen-bond donors (Lipinski definition) is 3. The number of carbonyl (C=O) groups is 2. The number of aliphatic hydroxyl groups excluding tert-OH is 1. The lowest BCUT2D eigenvalue weighted by molar-refractivity contribution is 0.0860. The number of aromatic nitrogens is 1. The third-order valence-electron chi connectivity index (χ3n) is 6.28. The summed E-state index contributed by atoms with van der Waals surface area (Å²) < 4.78 is 15.7. The molecule has 0 aliphatic carbocycles. The highest BCUT2D eigenvalue weighted by Gasteiger charge is 2.27. The van der Waals surface area contributed by atoms with Gasteiger partial charge in [-0.2, -0.15) is 0 Å². The molecule has 9 heteroatoms. The van der Waals surface area contributed by atoms with Crippen LogP contribution in [0, 0.1) is 0 Å². The maximum absolute atomic E-state index is 12.7. The van der Waals surface area contributed by atoms with Crippen LogP contribution in [0.5, 0.6) is 0 Å². The second-order valence-electron chi connectivity index (χ2n) is 9.42. The molecule has 208 valence electrons. The summed E-state index contributed by atoms with van der Waals surface area (Å²) in [4.78, 5) is 29.4. The van der Waals surface area contributed by atoms with Crippen molar-refractivity contribution in [2.24, 2.45) is 0 Å². The molecule has 4 rings (SSSR count). The Hall–Kier alpha value is -4.63. The molecule has 4 aromatic rings. The van der Waals surface area contributed by atoms with Gasteiger partial charge < -0.3 is 29.6 Å². The summed E-state index contributed by atoms with van der Waals surface area (Å²) in [6.07, 6.45) is 4.99. The number of pyridine rings is 1. The predicted octanol–water partition coefficient (Wildman–Crippen LogP) is 4.80. The molecule has 2 heterocycles. The topological polar surface area (TPSA) is 123 Å². The molecule has 2 aromatic carbocycles. The largest absolute Gasteiger partial charge is 0.472 e. The van der Waals surface area contributed by atoms with Gasteiger partial charge in [0, 0.05) is 29.6 Å². The van der Waals surface area contributed by atoms with E-state index in [0.29, 0.717) is 12.8 Å². The Labute approximate surface area is 233 Å². The van der Waals surface area contributed by atoms with Gasteiger partial charge in [-0.1, -0.05) is 66.7 Å². The molecule has 3 unspecified atom stereocenters. The van der Waals surface area contributed by atoms with Gasteiger partial charge in [0.05, 0.1) is 24.7 Å². The van der Waals surface area contributed by atoms with E-state index in [2.05, 4.69) is 15.6 Å². The average molecular weight is 544 g/mol. The molecule has 0 saturated carbocycles. The minimum absolute atomic E-state index is 0.0501. The molecule has 3 atom stereocenters. The normalized spacial score (nSPS) is 13.0. The van der Waals surface area contributed by atoms with Crippen LogP contribution in [0.25, 0.3) is 0 Å². The van der Waals surface area contributed by atoms with Crippen LogP contribution >= 0.6 is 0 Å². The molecule has 0 aliphatic heterocycles. The van der Waals surface area contributed by atoms with Gasteiger partial charge in [-0.25, -0.2) is 9.59 Å². The number of nitrogens with zero attached hydrogens (tertiary/aromatic N) is 1. The third-order valence-corrected chi connectivity index (χ3v) is 6.28. The van der Waals surface area contributed by atoms with Gasteiger partial charge in [0.2, 0.25) is 0 Å². The quantitative estimate of drug-likeness (QED) is 0.221. The Morgan fingerprint density at radius 3 is 2.02 bits per heavy atom. The van der Waals surface area contributed by atoms with Crippen LogP contribution in [0.15, 0.2) is 108 Å². The number of carbonyl (C=O) groups excluding carboxylic acids is 2. The van der Waals surface area contributed by atoms with Gasteiger partial charge in [0.15, 0.2) is 0 Å². The van der Waals surface area contributed by atoms with Crippen molar-refractivity contribution in [1.82, 2.24) is 15.6 Å². The van der Waals surface area contributed by atoms with Gasteiger partial charge in [-0.05, 0) is 42.5 Å². The molecule has 2 amide bonds. The van der Waals surface area contributed by atoms with Crippen molar-refractivity contribution in [2.45, 2.75) is 50.7 Å². The molecule has 9 nitrogen and oxygen atoms in total. The highest BCUT2D eigenvalue weighted by molar-refractivity contribution is 5.68. The van der Waals surface area contributed by atoms with E-state index in [1.807, 2.05) is 66.7 Å². The smallest absolute Gasteiger partial charge is 0.407 e. The van der Waals surface area contributed by atoms with Crippen LogP contribution < -0.4 is 10.6 Å². The second kappa shape index (κ2) is 15.1. The van der Waals surface area contributed by atoms with Crippen LogP contribution in [0.2, 0.25) is 0 Å². The Balaban J connectivity index is 1.43. The van der Waals surface area contributed by atoms with E-state index in [1.165, 1.54) is 12.5 Å². The zero-order valence-corrected chi connectivity index (χ0v) is 22.0. The fraction of sp³-hybridized carbons (Fsp3) is 0.258. The predicted molar refractivity (Wildman–Crippen MR) is 148 cm³/mol. The number of rotatable bonds is 13. The van der Waals surface area contributed by atoms with Crippen LogP contribution in [-0.2, 0) is 35.5 Å². The molecule has 0 bridgehead atoms. The fourth-order valence-corrected chi connectivity index (χ4v) is 4.26. The minimum atomic E-state index is -1.01. The van der Waals surface area contributed by atoms with Crippen LogP contribution in [0.1, 0.15) is 28.7 Å². The molecule has 0 spiro atoms. The number of ether oxygens (including phenoxy) is 2. The summed E-state index contributed by atoms with van der Waals surface area (Å²) in [5.74, 6) is 0. The van der Waals surface area contributed by atoms with Crippen LogP contribution in [0.3, 0.4) is 0 Å². The van der Waals surface area contributed by atoms with E-state index in [-0.39, 0.29) is 19.6 Å². The lowest BCUT2D eigenvalue weighted by Crippen LogP contribution is -2.48. The standard InChI is InChI=1S/C31H33N3O6/c35-29(18-27(16-23-8-3-1-4-9-23)33-30(36)40-22-26-13-15-38-20-26)28(17-24-10-5-2-6-11-24)34-31(37)39-21-25-12-7-14-32-19-25/h1-15,19-20,27-29,35H,16-18,21-22H2,(H,33,36)(H,34,37). The fourth-order valence-electron chi connectivity index (χ4n) is 4.26. The van der Waals surface area contributed by atoms with Crippen LogP contribution in [-0.4, -0.2) is 40.5 Å². The van der Waals surface area contributed by atoms with Crippen molar-refractivity contribution in [3.8, 4) is 0 Å². The number of benzene rings is 2. The SMILES string of the molecule is O=C(NC(Cc1ccccc1)CC(O)C(Cc1ccccc1)NC(=O)OCc1cccnc1)OCc1ccoc1. The maximum atomic E-state index is 12.7. The average Bonchev–Trinajstić information content (AvgIpc) is 3.50. The van der Waals surface area contributed by atoms with E-state index < -0.39 is 30.4 Å². The highest BCUT2D eigenvalue weighted by Crippen LogP contribution is 2.15. The lowest BCUT2D eigenvalue weighted by Gasteiger charge is -2.28. The summed E-state index contributed by atoms with van der Waals surface area (Å²) in [5.41, 5.74) is 3.40. The number of hydrogen-bond acceptors (Lipinski definition) is 7. The van der Waals surface area contributed by atoms with Gasteiger partial charge in [-0.3, -0.25) is 4.98 Å². The first-order valence-electron chi connectivity index (χ1n) is 13.1. The summed E-state index contributed by atoms with van der Waals surface area (Å²) in [5, 5.41) is 17.1. The van der Waals surface area contributed by atoms with E-state index in [1.54, 1.807) is 24.5 Å². The van der Waals surface area contributed by atoms with E-state index in [9.17, 15) is 14.7 Å². The molecular formula is C31H33N3O6. The Morgan fingerprint density at radius 1 is 0.775 bits per heavy atom. The molecule has 3 N–H and O–H groups in total. The first-order valence-corrected chi connectivity index (χ1v) is 13.1. The zero-order chi connectivity index (χ0) is 28.0. The molecular weight excluding hydrogens is 510 g/mol. The Kier molecular flexibility index (Phi) is 10.7. The number of aliphatic hydroxyl groups is 1. The molecule has 0 radical (unpaired) electrons. The Bertz CT molecular complexity index is 1290. The molecule has 0 fully saturated rings. The summed E-state index contributed by atoms with van der Waals surface area (Å²) in [7, 11) is 0. The van der Waals surface area contributed by atoms with Gasteiger partial charge in [-0.15, -0.1) is 0 Å². The first kappa shape index (κ1) is 28.4. The van der Waals surface area contributed by atoms with Gasteiger partial charge in [0.1, 0.15) is 13.2 Å². The number of nitrogens with one attached hydrogen (secondary N) is 2. The highest BCUT2D eigenvalue weighted by atomic mass is 16.6. The monoisotopic (exact) mass is 543 g/mol. The molecule has 0 aliphatic rings. The summed E-state index contributed by atoms with van der Waals surface area (Å²) in [6, 6.07) is 23.3.